The molecular weight excluding hydrogens is 328 g/mol. The maximum Gasteiger partial charge on any atom is 0.339 e. The van der Waals surface area contributed by atoms with Crippen LogP contribution in [0.5, 0.6) is 5.75 Å². The molecule has 2 rings (SSSR count). The van der Waals surface area contributed by atoms with Crippen LogP contribution < -0.4 is 0 Å². The van der Waals surface area contributed by atoms with Crippen molar-refractivity contribution in [2.45, 2.75) is 19.4 Å². The van der Waals surface area contributed by atoms with Crippen molar-refractivity contribution < 1.29 is 19.7 Å². The van der Waals surface area contributed by atoms with Gasteiger partial charge in [-0.3, -0.25) is 0 Å². The zero-order chi connectivity index (χ0) is 19.3. The number of hydrogen-bond donors (Lipinski definition) is 2. The minimum Gasteiger partial charge on any atom is -0.509 e. The topological polar surface area (TPSA) is 66.8 Å². The molecule has 4 heteroatoms. The van der Waals surface area contributed by atoms with Gasteiger partial charge in [0.25, 0.3) is 0 Å². The first kappa shape index (κ1) is 19.1. The molecule has 0 bridgehead atoms. The molecule has 134 valence electrons. The van der Waals surface area contributed by atoms with Crippen LogP contribution in [-0.4, -0.2) is 16.2 Å². The van der Waals surface area contributed by atoms with Crippen LogP contribution in [0.4, 0.5) is 0 Å². The molecule has 1 aliphatic rings. The van der Waals surface area contributed by atoms with E-state index in [1.54, 1.807) is 49.4 Å². The average molecular weight is 350 g/mol. The van der Waals surface area contributed by atoms with E-state index in [1.807, 2.05) is 6.92 Å². The Morgan fingerprint density at radius 3 is 2.35 bits per heavy atom. The van der Waals surface area contributed by atoms with Crippen LogP contribution in [-0.2, 0) is 15.1 Å². The van der Waals surface area contributed by atoms with Crippen molar-refractivity contribution in [1.29, 1.82) is 0 Å². The van der Waals surface area contributed by atoms with Crippen molar-refractivity contribution in [3.8, 4) is 5.75 Å². The molecule has 1 aromatic carbocycles. The largest absolute Gasteiger partial charge is 0.509 e. The van der Waals surface area contributed by atoms with Crippen LogP contribution in [0.15, 0.2) is 96.4 Å². The lowest BCUT2D eigenvalue weighted by molar-refractivity contribution is -0.143. The van der Waals surface area contributed by atoms with Crippen LogP contribution in [0.1, 0.15) is 19.4 Å². The summed E-state index contributed by atoms with van der Waals surface area (Å²) >= 11 is 0. The predicted octanol–water partition coefficient (Wildman–Crippen LogP) is 4.78. The Bertz CT molecular complexity index is 851. The summed E-state index contributed by atoms with van der Waals surface area (Å²) in [6, 6.07) is 6.46. The molecular formula is C22H22O4. The highest BCUT2D eigenvalue weighted by atomic mass is 16.6. The maximum absolute atomic E-state index is 12.6. The van der Waals surface area contributed by atoms with E-state index < -0.39 is 11.6 Å². The Labute approximate surface area is 153 Å². The molecule has 1 atom stereocenters. The molecule has 1 aliphatic heterocycles. The molecule has 0 radical (unpaired) electrons. The number of ether oxygens (including phenoxy) is 1. The van der Waals surface area contributed by atoms with E-state index in [0.29, 0.717) is 22.3 Å². The molecule has 0 spiro atoms. The number of aromatic hydroxyl groups is 1. The van der Waals surface area contributed by atoms with Crippen molar-refractivity contribution in [2.24, 2.45) is 0 Å². The van der Waals surface area contributed by atoms with E-state index >= 15 is 0 Å². The number of esters is 1. The third-order valence-electron chi connectivity index (χ3n) is 4.16. The Hall–Kier alpha value is -3.27. The number of aliphatic hydroxyl groups excluding tert-OH is 1. The van der Waals surface area contributed by atoms with Gasteiger partial charge < -0.3 is 14.9 Å². The number of hydrogen-bond acceptors (Lipinski definition) is 4. The highest BCUT2D eigenvalue weighted by molar-refractivity contribution is 5.99. The second-order valence-electron chi connectivity index (χ2n) is 5.70. The minimum absolute atomic E-state index is 0.107. The van der Waals surface area contributed by atoms with E-state index in [-0.39, 0.29) is 11.5 Å². The maximum atomic E-state index is 12.6. The lowest BCUT2D eigenvalue weighted by Gasteiger charge is -2.31. The molecule has 1 saturated heterocycles. The fraction of sp³-hybridized carbons (Fsp3) is 0.136. The van der Waals surface area contributed by atoms with Crippen LogP contribution in [0.2, 0.25) is 0 Å². The van der Waals surface area contributed by atoms with Crippen molar-refractivity contribution in [3.05, 3.63) is 102 Å². The second-order valence-corrected chi connectivity index (χ2v) is 5.70. The van der Waals surface area contributed by atoms with Gasteiger partial charge in [0.1, 0.15) is 11.5 Å². The standard InChI is InChI=1S/C22H22O4/c1-5-8-20-19(7-3)21(25)26-22(20,16(6-2)10-9-15(4)23)17-11-13-18(24)14-12-17/h5-14,23-24H,1,4H2,2-3H3/b10-9-,16-6+,19-7+,20-8?. The highest BCUT2D eigenvalue weighted by Gasteiger charge is 2.51. The van der Waals surface area contributed by atoms with E-state index in [2.05, 4.69) is 13.2 Å². The molecule has 0 amide bonds. The molecule has 1 unspecified atom stereocenters. The Morgan fingerprint density at radius 2 is 1.85 bits per heavy atom. The first-order valence-corrected chi connectivity index (χ1v) is 8.16. The number of rotatable bonds is 5. The zero-order valence-electron chi connectivity index (χ0n) is 14.9. The molecule has 4 nitrogen and oxygen atoms in total. The van der Waals surface area contributed by atoms with Crippen LogP contribution >= 0.6 is 0 Å². The van der Waals surface area contributed by atoms with E-state index in [4.69, 9.17) is 4.74 Å². The van der Waals surface area contributed by atoms with Gasteiger partial charge >= 0.3 is 5.97 Å². The van der Waals surface area contributed by atoms with E-state index in [9.17, 15) is 15.0 Å². The number of cyclic esters (lactones) is 1. The number of phenols is 1. The first-order chi connectivity index (χ1) is 12.4. The fourth-order valence-electron chi connectivity index (χ4n) is 3.04. The summed E-state index contributed by atoms with van der Waals surface area (Å²) in [5.74, 6) is -0.464. The summed E-state index contributed by atoms with van der Waals surface area (Å²) in [4.78, 5) is 12.6. The molecule has 0 saturated carbocycles. The number of phenolic OH excluding ortho intramolecular Hbond substituents is 1. The number of benzene rings is 1. The molecule has 1 fully saturated rings. The van der Waals surface area contributed by atoms with Crippen molar-refractivity contribution in [1.82, 2.24) is 0 Å². The number of allylic oxidation sites excluding steroid dienone is 5. The van der Waals surface area contributed by atoms with Crippen LogP contribution in [0.3, 0.4) is 0 Å². The first-order valence-electron chi connectivity index (χ1n) is 8.16. The molecule has 2 N–H and O–H groups in total. The highest BCUT2D eigenvalue weighted by Crippen LogP contribution is 2.50. The van der Waals surface area contributed by atoms with Gasteiger partial charge in [-0.25, -0.2) is 4.79 Å². The second kappa shape index (κ2) is 7.74. The van der Waals surface area contributed by atoms with Crippen molar-refractivity contribution >= 4 is 5.97 Å². The third-order valence-corrected chi connectivity index (χ3v) is 4.16. The van der Waals surface area contributed by atoms with Gasteiger partial charge in [0.2, 0.25) is 0 Å². The number of carbonyl (C=O) groups excluding carboxylic acids is 1. The third kappa shape index (κ3) is 3.26. The summed E-state index contributed by atoms with van der Waals surface area (Å²) in [5.41, 5.74) is 1.15. The Morgan fingerprint density at radius 1 is 1.19 bits per heavy atom. The molecule has 26 heavy (non-hydrogen) atoms. The smallest absolute Gasteiger partial charge is 0.339 e. The quantitative estimate of drug-likeness (QED) is 0.347. The SMILES string of the molecule is C=CC=C1/C(=C\C)C(=O)OC1(C(/C=C\C(=C)O)=C/C)c1ccc(O)cc1. The summed E-state index contributed by atoms with van der Waals surface area (Å²) < 4.78 is 5.89. The summed E-state index contributed by atoms with van der Waals surface area (Å²) in [5, 5.41) is 19.1. The van der Waals surface area contributed by atoms with Crippen molar-refractivity contribution in [3.63, 3.8) is 0 Å². The average Bonchev–Trinajstić information content (AvgIpc) is 2.88. The van der Waals surface area contributed by atoms with Gasteiger partial charge in [-0.1, -0.05) is 55.7 Å². The predicted molar refractivity (Wildman–Crippen MR) is 103 cm³/mol. The van der Waals surface area contributed by atoms with Gasteiger partial charge in [0.15, 0.2) is 5.60 Å². The van der Waals surface area contributed by atoms with Crippen LogP contribution in [0.25, 0.3) is 0 Å². The molecule has 1 heterocycles. The fourth-order valence-corrected chi connectivity index (χ4v) is 3.04. The van der Waals surface area contributed by atoms with Gasteiger partial charge in [0.05, 0.1) is 5.57 Å². The summed E-state index contributed by atoms with van der Waals surface area (Å²) in [6.45, 7) is 10.8. The summed E-state index contributed by atoms with van der Waals surface area (Å²) in [6.07, 6.45) is 9.91. The molecule has 1 aromatic rings. The normalized spacial score (nSPS) is 23.6. The van der Waals surface area contributed by atoms with Gasteiger partial charge in [-0.05, 0) is 32.1 Å². The number of carbonyl (C=O) groups is 1. The van der Waals surface area contributed by atoms with Gasteiger partial charge in [-0.2, -0.15) is 0 Å². The van der Waals surface area contributed by atoms with E-state index in [1.165, 1.54) is 18.2 Å². The minimum atomic E-state index is -1.22. The molecule has 0 aliphatic carbocycles. The lowest BCUT2D eigenvalue weighted by Crippen LogP contribution is -2.29. The van der Waals surface area contributed by atoms with Crippen molar-refractivity contribution in [2.75, 3.05) is 0 Å². The zero-order valence-corrected chi connectivity index (χ0v) is 14.9. The lowest BCUT2D eigenvalue weighted by atomic mass is 9.77. The Kier molecular flexibility index (Phi) is 5.68. The van der Waals surface area contributed by atoms with Gasteiger partial charge in [0, 0.05) is 16.7 Å². The Balaban J connectivity index is 2.84. The summed E-state index contributed by atoms with van der Waals surface area (Å²) in [7, 11) is 0. The van der Waals surface area contributed by atoms with Gasteiger partial charge in [-0.15, -0.1) is 0 Å². The number of aliphatic hydroxyl groups is 1. The van der Waals surface area contributed by atoms with Crippen LogP contribution in [0, 0.1) is 0 Å². The van der Waals surface area contributed by atoms with E-state index in [0.717, 1.165) is 0 Å². The monoisotopic (exact) mass is 350 g/mol. The molecule has 0 aromatic heterocycles.